The lowest BCUT2D eigenvalue weighted by molar-refractivity contribution is -0.393. The zero-order valence-electron chi connectivity index (χ0n) is 12.0. The summed E-state index contributed by atoms with van der Waals surface area (Å²) < 4.78 is 0. The van der Waals surface area contributed by atoms with Crippen molar-refractivity contribution in [3.8, 4) is 0 Å². The fourth-order valence-electron chi connectivity index (χ4n) is 2.74. The molecule has 0 aromatic heterocycles. The second kappa shape index (κ2) is 6.97. The van der Waals surface area contributed by atoms with Crippen LogP contribution in [0.25, 0.3) is 0 Å². The number of hydrogen-bond acceptors (Lipinski definition) is 5. The Kier molecular flexibility index (Phi) is 5.03. The van der Waals surface area contributed by atoms with Gasteiger partial charge in [-0.15, -0.1) is 0 Å². The van der Waals surface area contributed by atoms with Crippen molar-refractivity contribution < 1.29 is 14.6 Å². The lowest BCUT2D eigenvalue weighted by Crippen LogP contribution is -2.14. The van der Waals surface area contributed by atoms with E-state index in [2.05, 4.69) is 5.32 Å². The highest BCUT2D eigenvalue weighted by molar-refractivity contribution is 5.93. The second-order valence-electron chi connectivity index (χ2n) is 5.45. The van der Waals surface area contributed by atoms with Crippen LogP contribution in [0, 0.1) is 26.1 Å². The van der Waals surface area contributed by atoms with Crippen LogP contribution in [0.15, 0.2) is 18.2 Å². The molecular weight excluding hydrogens is 290 g/mol. The number of nitro benzene ring substituents is 2. The van der Waals surface area contributed by atoms with Gasteiger partial charge in [-0.1, -0.05) is 25.7 Å². The standard InChI is InChI=1S/C14H17N3O5/c18-14(8-5-10-3-1-2-4-10)15-12-7-6-11(16(19)20)9-13(12)17(21)22/h6-7,9-10H,1-5,8H2,(H,15,18). The van der Waals surface area contributed by atoms with Crippen LogP contribution in [-0.4, -0.2) is 15.8 Å². The van der Waals surface area contributed by atoms with E-state index in [4.69, 9.17) is 0 Å². The summed E-state index contributed by atoms with van der Waals surface area (Å²) in [6, 6.07) is 3.19. The van der Waals surface area contributed by atoms with Crippen LogP contribution in [-0.2, 0) is 4.79 Å². The summed E-state index contributed by atoms with van der Waals surface area (Å²) in [6.07, 6.45) is 5.72. The number of rotatable bonds is 6. The van der Waals surface area contributed by atoms with E-state index in [-0.39, 0.29) is 17.3 Å². The minimum Gasteiger partial charge on any atom is -0.320 e. The third-order valence-corrected chi connectivity index (χ3v) is 3.92. The zero-order valence-corrected chi connectivity index (χ0v) is 12.0. The normalized spacial score (nSPS) is 14.7. The van der Waals surface area contributed by atoms with Crippen LogP contribution in [0.4, 0.5) is 17.1 Å². The quantitative estimate of drug-likeness (QED) is 0.638. The Balaban J connectivity index is 2.02. The Labute approximate surface area is 126 Å². The van der Waals surface area contributed by atoms with Crippen molar-refractivity contribution in [2.24, 2.45) is 5.92 Å². The zero-order chi connectivity index (χ0) is 16.1. The summed E-state index contributed by atoms with van der Waals surface area (Å²) in [6.45, 7) is 0. The number of amides is 1. The highest BCUT2D eigenvalue weighted by Crippen LogP contribution is 2.30. The number of hydrogen-bond donors (Lipinski definition) is 1. The smallest absolute Gasteiger partial charge is 0.299 e. The summed E-state index contributed by atoms with van der Waals surface area (Å²) in [7, 11) is 0. The summed E-state index contributed by atoms with van der Waals surface area (Å²) in [5.74, 6) is 0.251. The molecular formula is C14H17N3O5. The van der Waals surface area contributed by atoms with Gasteiger partial charge >= 0.3 is 0 Å². The Morgan fingerprint density at radius 1 is 1.18 bits per heavy atom. The maximum atomic E-state index is 11.9. The van der Waals surface area contributed by atoms with Gasteiger partial charge in [-0.25, -0.2) is 0 Å². The fourth-order valence-corrected chi connectivity index (χ4v) is 2.74. The molecule has 1 saturated carbocycles. The van der Waals surface area contributed by atoms with Crippen molar-refractivity contribution in [2.45, 2.75) is 38.5 Å². The van der Waals surface area contributed by atoms with E-state index in [0.29, 0.717) is 12.3 Å². The summed E-state index contributed by atoms with van der Waals surface area (Å²) >= 11 is 0. The number of anilines is 1. The third-order valence-electron chi connectivity index (χ3n) is 3.92. The lowest BCUT2D eigenvalue weighted by atomic mass is 10.0. The highest BCUT2D eigenvalue weighted by Gasteiger charge is 2.21. The molecule has 0 aliphatic heterocycles. The topological polar surface area (TPSA) is 115 Å². The Bertz CT molecular complexity index is 596. The van der Waals surface area contributed by atoms with Gasteiger partial charge in [0.2, 0.25) is 5.91 Å². The number of benzene rings is 1. The van der Waals surface area contributed by atoms with Crippen LogP contribution in [0.1, 0.15) is 38.5 Å². The van der Waals surface area contributed by atoms with E-state index >= 15 is 0 Å². The lowest BCUT2D eigenvalue weighted by Gasteiger charge is -2.09. The average molecular weight is 307 g/mol. The molecule has 1 aromatic rings. The summed E-state index contributed by atoms with van der Waals surface area (Å²) in [5, 5.41) is 24.1. The Morgan fingerprint density at radius 3 is 2.45 bits per heavy atom. The van der Waals surface area contributed by atoms with Gasteiger partial charge < -0.3 is 5.32 Å². The number of nitrogens with one attached hydrogen (secondary N) is 1. The summed E-state index contributed by atoms with van der Waals surface area (Å²) in [4.78, 5) is 32.1. The molecule has 1 amide bonds. The molecule has 8 nitrogen and oxygen atoms in total. The second-order valence-corrected chi connectivity index (χ2v) is 5.45. The number of nitro groups is 2. The maximum Gasteiger partial charge on any atom is 0.299 e. The number of non-ortho nitro benzene ring substituents is 1. The number of carbonyl (C=O) groups is 1. The van der Waals surface area contributed by atoms with Gasteiger partial charge in [0.25, 0.3) is 11.4 Å². The summed E-state index contributed by atoms with van der Waals surface area (Å²) in [5.41, 5.74) is -0.855. The van der Waals surface area contributed by atoms with Crippen molar-refractivity contribution in [1.82, 2.24) is 0 Å². The van der Waals surface area contributed by atoms with Crippen molar-refractivity contribution in [3.63, 3.8) is 0 Å². The maximum absolute atomic E-state index is 11.9. The highest BCUT2D eigenvalue weighted by atomic mass is 16.6. The SMILES string of the molecule is O=C(CCC1CCCC1)Nc1ccc([N+](=O)[O-])cc1[N+](=O)[O-]. The molecule has 2 rings (SSSR count). The van der Waals surface area contributed by atoms with Crippen molar-refractivity contribution in [3.05, 3.63) is 38.4 Å². The molecule has 1 aliphatic rings. The minimum atomic E-state index is -0.737. The van der Waals surface area contributed by atoms with E-state index in [9.17, 15) is 25.0 Å². The molecule has 22 heavy (non-hydrogen) atoms. The van der Waals surface area contributed by atoms with Crippen LogP contribution in [0.3, 0.4) is 0 Å². The van der Waals surface area contributed by atoms with Gasteiger partial charge in [0.15, 0.2) is 0 Å². The number of carbonyl (C=O) groups excluding carboxylic acids is 1. The molecule has 0 saturated heterocycles. The molecule has 1 aliphatic carbocycles. The predicted molar refractivity (Wildman–Crippen MR) is 79.6 cm³/mol. The molecule has 0 spiro atoms. The molecule has 0 atom stereocenters. The fraction of sp³-hybridized carbons (Fsp3) is 0.500. The van der Waals surface area contributed by atoms with Crippen LogP contribution >= 0.6 is 0 Å². The monoisotopic (exact) mass is 307 g/mol. The van der Waals surface area contributed by atoms with E-state index in [1.807, 2.05) is 0 Å². The molecule has 118 valence electrons. The van der Waals surface area contributed by atoms with Crippen molar-refractivity contribution >= 4 is 23.0 Å². The Morgan fingerprint density at radius 2 is 1.86 bits per heavy atom. The van der Waals surface area contributed by atoms with Gasteiger partial charge in [-0.2, -0.15) is 0 Å². The third kappa shape index (κ3) is 4.00. The first-order valence-electron chi connectivity index (χ1n) is 7.20. The van der Waals surface area contributed by atoms with E-state index in [1.165, 1.54) is 18.9 Å². The van der Waals surface area contributed by atoms with Gasteiger partial charge in [0, 0.05) is 12.5 Å². The molecule has 8 heteroatoms. The van der Waals surface area contributed by atoms with Crippen LogP contribution in [0.5, 0.6) is 0 Å². The molecule has 1 N–H and O–H groups in total. The average Bonchev–Trinajstić information content (AvgIpc) is 2.98. The van der Waals surface area contributed by atoms with E-state index in [0.717, 1.165) is 31.4 Å². The molecule has 0 radical (unpaired) electrons. The first-order chi connectivity index (χ1) is 10.5. The molecule has 1 fully saturated rings. The Hall–Kier alpha value is -2.51. The van der Waals surface area contributed by atoms with Gasteiger partial charge in [-0.05, 0) is 18.4 Å². The molecule has 1 aromatic carbocycles. The van der Waals surface area contributed by atoms with Crippen LogP contribution in [0.2, 0.25) is 0 Å². The van der Waals surface area contributed by atoms with E-state index in [1.54, 1.807) is 0 Å². The van der Waals surface area contributed by atoms with E-state index < -0.39 is 15.5 Å². The molecule has 0 unspecified atom stereocenters. The minimum absolute atomic E-state index is 0.00739. The van der Waals surface area contributed by atoms with Gasteiger partial charge in [0.05, 0.1) is 15.9 Å². The van der Waals surface area contributed by atoms with Crippen molar-refractivity contribution in [1.29, 1.82) is 0 Å². The van der Waals surface area contributed by atoms with Crippen LogP contribution < -0.4 is 5.32 Å². The number of nitrogens with zero attached hydrogens (tertiary/aromatic N) is 2. The van der Waals surface area contributed by atoms with Gasteiger partial charge in [0.1, 0.15) is 5.69 Å². The molecule has 0 heterocycles. The van der Waals surface area contributed by atoms with Crippen molar-refractivity contribution in [2.75, 3.05) is 5.32 Å². The first-order valence-corrected chi connectivity index (χ1v) is 7.20. The first kappa shape index (κ1) is 15.9. The molecule has 0 bridgehead atoms. The predicted octanol–water partition coefficient (Wildman–Crippen LogP) is 3.41. The largest absolute Gasteiger partial charge is 0.320 e. The van der Waals surface area contributed by atoms with Gasteiger partial charge in [-0.3, -0.25) is 25.0 Å².